The summed E-state index contributed by atoms with van der Waals surface area (Å²) in [5, 5.41) is 3.01. The van der Waals surface area contributed by atoms with Crippen LogP contribution in [0.5, 0.6) is 0 Å². The quantitative estimate of drug-likeness (QED) is 0.662. The van der Waals surface area contributed by atoms with E-state index in [0.717, 1.165) is 4.46 Å². The molecule has 0 aromatic heterocycles. The second kappa shape index (κ2) is 5.46. The van der Waals surface area contributed by atoms with Gasteiger partial charge in [-0.1, -0.05) is 0 Å². The molecule has 0 spiro atoms. The molecule has 1 aromatic carbocycles. The van der Waals surface area contributed by atoms with Crippen LogP contribution < -0.4 is 9.78 Å². The fraction of sp³-hybridized carbons (Fsp3) is 0.308. The second-order valence-electron chi connectivity index (χ2n) is 4.41. The molecule has 1 atom stereocenters. The van der Waals surface area contributed by atoms with Gasteiger partial charge in [0.1, 0.15) is 0 Å². The Labute approximate surface area is 111 Å². The van der Waals surface area contributed by atoms with Gasteiger partial charge in [-0.05, 0) is 0 Å². The van der Waals surface area contributed by atoms with Gasteiger partial charge < -0.3 is 0 Å². The van der Waals surface area contributed by atoms with Crippen LogP contribution in [0.1, 0.15) is 13.8 Å². The van der Waals surface area contributed by atoms with Gasteiger partial charge in [0.15, 0.2) is 0 Å². The van der Waals surface area contributed by atoms with E-state index in [9.17, 15) is 8.63 Å². The van der Waals surface area contributed by atoms with E-state index >= 15 is 0 Å². The third-order valence-electron chi connectivity index (χ3n) is 2.52. The van der Waals surface area contributed by atoms with Gasteiger partial charge in [-0.2, -0.15) is 0 Å². The van der Waals surface area contributed by atoms with Gasteiger partial charge >= 0.3 is 111 Å². The predicted octanol–water partition coefficient (Wildman–Crippen LogP) is 0.741. The Morgan fingerprint density at radius 2 is 2.00 bits per heavy atom. The third-order valence-corrected chi connectivity index (χ3v) is 5.39. The number of hydrogen-bond acceptors (Lipinski definition) is 3. The molecular formula is C13H16N2O2Se. The molecule has 2 rings (SSSR count). The van der Waals surface area contributed by atoms with Crippen LogP contribution in [-0.4, -0.2) is 30.5 Å². The van der Waals surface area contributed by atoms with Crippen molar-refractivity contribution in [3.63, 3.8) is 0 Å². The fourth-order valence-electron chi connectivity index (χ4n) is 1.70. The monoisotopic (exact) mass is 312 g/mol. The van der Waals surface area contributed by atoms with Crippen molar-refractivity contribution in [2.24, 2.45) is 5.92 Å². The molecule has 0 saturated carbocycles. The molecule has 0 radical (unpaired) electrons. The molecule has 5 heteroatoms. The van der Waals surface area contributed by atoms with E-state index in [0.29, 0.717) is 18.3 Å². The molecule has 0 aliphatic carbocycles. The maximum atomic E-state index is 12.3. The van der Waals surface area contributed by atoms with Crippen molar-refractivity contribution in [2.45, 2.75) is 13.8 Å². The average molecular weight is 311 g/mol. The first-order valence-corrected chi connectivity index (χ1v) is 8.16. The summed E-state index contributed by atoms with van der Waals surface area (Å²) in [7, 11) is 0. The number of allylic oxidation sites excluding steroid dienone is 1. The Balaban J connectivity index is 2.18. The SMILES string of the molecule is CC(C)/C=C1\NCN([Se](=O)c2ccccc2)C1=O. The molecule has 4 nitrogen and oxygen atoms in total. The van der Waals surface area contributed by atoms with Gasteiger partial charge in [0.25, 0.3) is 0 Å². The molecule has 96 valence electrons. The van der Waals surface area contributed by atoms with Gasteiger partial charge in [0.2, 0.25) is 0 Å². The second-order valence-corrected chi connectivity index (χ2v) is 7.36. The molecular weight excluding hydrogens is 295 g/mol. The summed E-state index contributed by atoms with van der Waals surface area (Å²) in [5.74, 6) is 0.130. The topological polar surface area (TPSA) is 49.4 Å². The van der Waals surface area contributed by atoms with Gasteiger partial charge in [-0.15, -0.1) is 0 Å². The molecule has 1 fully saturated rings. The minimum absolute atomic E-state index is 0.160. The number of benzene rings is 1. The normalized spacial score (nSPS) is 19.4. The van der Waals surface area contributed by atoms with Crippen LogP contribution in [0.2, 0.25) is 0 Å². The zero-order valence-corrected chi connectivity index (χ0v) is 12.1. The summed E-state index contributed by atoms with van der Waals surface area (Å²) in [6.45, 7) is 4.35. The Morgan fingerprint density at radius 3 is 2.61 bits per heavy atom. The molecule has 1 aliphatic rings. The van der Waals surface area contributed by atoms with Crippen molar-refractivity contribution in [3.05, 3.63) is 42.1 Å². The summed E-state index contributed by atoms with van der Waals surface area (Å²) in [6, 6.07) is 9.14. The average Bonchev–Trinajstić information content (AvgIpc) is 2.71. The number of hydrogen-bond donors (Lipinski definition) is 1. The number of rotatable bonds is 3. The molecule has 1 amide bonds. The van der Waals surface area contributed by atoms with Gasteiger partial charge in [0, 0.05) is 0 Å². The zero-order chi connectivity index (χ0) is 13.1. The van der Waals surface area contributed by atoms with Crippen LogP contribution in [0, 0.1) is 5.92 Å². The Bertz CT molecular complexity index is 497. The Morgan fingerprint density at radius 1 is 1.33 bits per heavy atom. The van der Waals surface area contributed by atoms with Crippen molar-refractivity contribution < 1.29 is 8.63 Å². The first kappa shape index (κ1) is 13.0. The van der Waals surface area contributed by atoms with Gasteiger partial charge in [0.05, 0.1) is 0 Å². The summed E-state index contributed by atoms with van der Waals surface area (Å²) in [4.78, 5) is 12.1. The summed E-state index contributed by atoms with van der Waals surface area (Å²) < 4.78 is 14.5. The molecule has 1 unspecified atom stereocenters. The van der Waals surface area contributed by atoms with Crippen LogP contribution in [0.4, 0.5) is 0 Å². The Kier molecular flexibility index (Phi) is 3.94. The minimum atomic E-state index is -2.48. The first-order chi connectivity index (χ1) is 8.59. The van der Waals surface area contributed by atoms with Gasteiger partial charge in [-0.3, -0.25) is 0 Å². The van der Waals surface area contributed by atoms with E-state index < -0.39 is 14.1 Å². The van der Waals surface area contributed by atoms with E-state index in [1.165, 1.54) is 3.92 Å². The van der Waals surface area contributed by atoms with Crippen LogP contribution in [0.25, 0.3) is 0 Å². The van der Waals surface area contributed by atoms with E-state index in [2.05, 4.69) is 5.32 Å². The van der Waals surface area contributed by atoms with Crippen molar-refractivity contribution >= 4 is 24.4 Å². The van der Waals surface area contributed by atoms with Crippen LogP contribution >= 0.6 is 0 Å². The van der Waals surface area contributed by atoms with Crippen molar-refractivity contribution in [3.8, 4) is 0 Å². The number of carbonyl (C=O) groups excluding carboxylic acids is 1. The number of carbonyl (C=O) groups is 1. The van der Waals surface area contributed by atoms with E-state index in [-0.39, 0.29) is 5.91 Å². The van der Waals surface area contributed by atoms with Crippen molar-refractivity contribution in [1.82, 2.24) is 9.23 Å². The number of amides is 1. The standard InChI is InChI=1S/C13H16N2O2Se/c1-10(2)8-12-13(16)15(9-14-12)18(17)11-6-4-3-5-7-11/h3-8,10,14H,9H2,1-2H3/b12-8-. The summed E-state index contributed by atoms with van der Waals surface area (Å²) in [6.07, 6.45) is 1.87. The summed E-state index contributed by atoms with van der Waals surface area (Å²) in [5.41, 5.74) is 0.561. The van der Waals surface area contributed by atoms with E-state index in [1.807, 2.05) is 38.1 Å². The number of nitrogens with one attached hydrogen (secondary N) is 1. The predicted molar refractivity (Wildman–Crippen MR) is 70.3 cm³/mol. The van der Waals surface area contributed by atoms with Crippen molar-refractivity contribution in [1.29, 1.82) is 0 Å². The van der Waals surface area contributed by atoms with E-state index in [1.54, 1.807) is 12.1 Å². The molecule has 1 aromatic rings. The number of nitrogens with zero attached hydrogens (tertiary/aromatic N) is 1. The van der Waals surface area contributed by atoms with Crippen molar-refractivity contribution in [2.75, 3.05) is 6.67 Å². The Hall–Kier alpha value is -1.45. The molecule has 1 heterocycles. The van der Waals surface area contributed by atoms with Crippen LogP contribution in [0.15, 0.2) is 42.1 Å². The van der Waals surface area contributed by atoms with E-state index in [4.69, 9.17) is 0 Å². The van der Waals surface area contributed by atoms with Crippen LogP contribution in [-0.2, 0) is 8.63 Å². The maximum absolute atomic E-state index is 12.3. The fourth-order valence-corrected chi connectivity index (χ4v) is 3.96. The van der Waals surface area contributed by atoms with Crippen LogP contribution in [0.3, 0.4) is 0 Å². The molecule has 18 heavy (non-hydrogen) atoms. The molecule has 1 aliphatic heterocycles. The first-order valence-electron chi connectivity index (χ1n) is 5.84. The molecule has 1 N–H and O–H groups in total. The molecule has 1 saturated heterocycles. The van der Waals surface area contributed by atoms with Gasteiger partial charge in [-0.25, -0.2) is 0 Å². The zero-order valence-electron chi connectivity index (χ0n) is 10.4. The molecule has 0 bridgehead atoms. The third kappa shape index (κ3) is 2.68. The summed E-state index contributed by atoms with van der Waals surface area (Å²) >= 11 is -2.48.